The summed E-state index contributed by atoms with van der Waals surface area (Å²) in [7, 11) is 1.62. The molecule has 0 radical (unpaired) electrons. The van der Waals surface area contributed by atoms with Gasteiger partial charge in [0.15, 0.2) is 5.78 Å². The molecule has 2 N–H and O–H groups in total. The largest absolute Gasteiger partial charge is 0.497 e. The lowest BCUT2D eigenvalue weighted by Gasteiger charge is -2.30. The second-order valence-electron chi connectivity index (χ2n) is 8.40. The lowest BCUT2D eigenvalue weighted by Crippen LogP contribution is -2.27. The van der Waals surface area contributed by atoms with Crippen molar-refractivity contribution < 1.29 is 14.5 Å². The molecule has 172 valence electrons. The Morgan fingerprint density at radius 3 is 2.47 bits per heavy atom. The first-order valence-electron chi connectivity index (χ1n) is 10.9. The van der Waals surface area contributed by atoms with Crippen molar-refractivity contribution in [3.63, 3.8) is 0 Å². The number of Topliss-reactive ketones (excluding diaryl/α,β-unsaturated/α-hetero) is 1. The number of nitro groups is 1. The molecule has 1 heterocycles. The van der Waals surface area contributed by atoms with Crippen molar-refractivity contribution in [2.45, 2.75) is 24.8 Å². The van der Waals surface area contributed by atoms with E-state index in [9.17, 15) is 14.9 Å². The highest BCUT2D eigenvalue weighted by Crippen LogP contribution is 2.45. The molecule has 1 aliphatic carbocycles. The molecule has 0 fully saturated rings. The Kier molecular flexibility index (Phi) is 5.71. The maximum Gasteiger partial charge on any atom is 0.269 e. The summed E-state index contributed by atoms with van der Waals surface area (Å²) in [6.07, 6.45) is 0.945. The SMILES string of the molecule is COc1ccc([C@@H]2CC(=O)C3=C(C2)Nc2ccccc2N[C@H]3c2cc([N+](=O)[O-])ccc2Cl)cc1. The summed E-state index contributed by atoms with van der Waals surface area (Å²) in [6.45, 7) is 0. The van der Waals surface area contributed by atoms with Crippen LogP contribution in [0.15, 0.2) is 78.0 Å². The number of fused-ring (bicyclic) bond motifs is 1. The maximum absolute atomic E-state index is 13.6. The van der Waals surface area contributed by atoms with Crippen LogP contribution in [0, 0.1) is 10.1 Å². The summed E-state index contributed by atoms with van der Waals surface area (Å²) in [5.41, 5.74) is 4.45. The first-order valence-corrected chi connectivity index (χ1v) is 11.3. The number of nitrogens with one attached hydrogen (secondary N) is 2. The van der Waals surface area contributed by atoms with Gasteiger partial charge in [-0.05, 0) is 48.2 Å². The lowest BCUT2D eigenvalue weighted by molar-refractivity contribution is -0.384. The van der Waals surface area contributed by atoms with Crippen LogP contribution < -0.4 is 15.4 Å². The van der Waals surface area contributed by atoms with Crippen LogP contribution in [0.5, 0.6) is 5.75 Å². The van der Waals surface area contributed by atoms with Gasteiger partial charge in [0.2, 0.25) is 0 Å². The Labute approximate surface area is 201 Å². The Bertz CT molecular complexity index is 1320. The van der Waals surface area contributed by atoms with Gasteiger partial charge in [0, 0.05) is 40.4 Å². The minimum Gasteiger partial charge on any atom is -0.497 e. The zero-order valence-corrected chi connectivity index (χ0v) is 19.1. The van der Waals surface area contributed by atoms with Gasteiger partial charge in [-0.15, -0.1) is 0 Å². The van der Waals surface area contributed by atoms with Crippen LogP contribution >= 0.6 is 11.6 Å². The molecule has 0 amide bonds. The van der Waals surface area contributed by atoms with Crippen LogP contribution in [-0.4, -0.2) is 17.8 Å². The molecule has 0 spiro atoms. The van der Waals surface area contributed by atoms with Crippen LogP contribution in [0.3, 0.4) is 0 Å². The van der Waals surface area contributed by atoms with E-state index in [2.05, 4.69) is 10.6 Å². The van der Waals surface area contributed by atoms with Gasteiger partial charge >= 0.3 is 0 Å². The van der Waals surface area contributed by atoms with Gasteiger partial charge in [-0.3, -0.25) is 14.9 Å². The number of hydrogen-bond donors (Lipinski definition) is 2. The standard InChI is InChI=1S/C26H22ClN3O4/c1-34-18-9-6-15(7-10-18)16-12-23-25(24(31)13-16)26(29-22-5-3-2-4-21(22)28-23)19-14-17(30(32)33)8-11-20(19)27/h2-11,14,16,26,28-29H,12-13H2,1H3/t16-,26-/m0/s1. The minimum atomic E-state index is -0.622. The summed E-state index contributed by atoms with van der Waals surface area (Å²) in [5.74, 6) is 0.732. The van der Waals surface area contributed by atoms with Crippen LogP contribution in [0.2, 0.25) is 5.02 Å². The van der Waals surface area contributed by atoms with Crippen molar-refractivity contribution in [2.75, 3.05) is 17.7 Å². The molecular formula is C26H22ClN3O4. The molecule has 0 saturated heterocycles. The van der Waals surface area contributed by atoms with E-state index in [0.29, 0.717) is 29.0 Å². The smallest absolute Gasteiger partial charge is 0.269 e. The summed E-state index contributed by atoms with van der Waals surface area (Å²) in [5, 5.41) is 18.7. The fourth-order valence-corrected chi connectivity index (χ4v) is 4.93. The average molecular weight is 476 g/mol. The topological polar surface area (TPSA) is 93.5 Å². The highest BCUT2D eigenvalue weighted by molar-refractivity contribution is 6.31. The average Bonchev–Trinajstić information content (AvgIpc) is 3.01. The van der Waals surface area contributed by atoms with E-state index >= 15 is 0 Å². The number of nitro benzene ring substituents is 1. The van der Waals surface area contributed by atoms with Crippen molar-refractivity contribution in [1.82, 2.24) is 0 Å². The maximum atomic E-state index is 13.6. The Morgan fingerprint density at radius 2 is 1.76 bits per heavy atom. The number of carbonyl (C=O) groups excluding carboxylic acids is 1. The van der Waals surface area contributed by atoms with Crippen LogP contribution in [0.1, 0.15) is 35.9 Å². The van der Waals surface area contributed by atoms with Crippen LogP contribution in [0.4, 0.5) is 17.1 Å². The molecule has 0 bridgehead atoms. The molecule has 0 aromatic heterocycles. The number of methoxy groups -OCH3 is 1. The summed E-state index contributed by atoms with van der Waals surface area (Å²) >= 11 is 6.52. The third kappa shape index (κ3) is 3.99. The quantitative estimate of drug-likeness (QED) is 0.343. The number of benzene rings is 3. The summed E-state index contributed by atoms with van der Waals surface area (Å²) in [6, 6.07) is 19.1. The van der Waals surface area contributed by atoms with E-state index < -0.39 is 11.0 Å². The number of non-ortho nitro benzene ring substituents is 1. The molecule has 8 heteroatoms. The number of anilines is 2. The van der Waals surface area contributed by atoms with E-state index in [1.807, 2.05) is 48.5 Å². The molecule has 1 aliphatic heterocycles. The predicted molar refractivity (Wildman–Crippen MR) is 132 cm³/mol. The molecule has 34 heavy (non-hydrogen) atoms. The van der Waals surface area contributed by atoms with Gasteiger partial charge < -0.3 is 15.4 Å². The number of ketones is 1. The number of allylic oxidation sites excluding steroid dienone is 1. The number of para-hydroxylation sites is 2. The second kappa shape index (κ2) is 8.83. The Hall–Kier alpha value is -3.84. The van der Waals surface area contributed by atoms with E-state index in [1.54, 1.807) is 7.11 Å². The number of ether oxygens (including phenoxy) is 1. The molecule has 0 saturated carbocycles. The highest BCUT2D eigenvalue weighted by Gasteiger charge is 2.37. The molecule has 2 aliphatic rings. The van der Waals surface area contributed by atoms with Gasteiger partial charge in [-0.25, -0.2) is 0 Å². The van der Waals surface area contributed by atoms with Crippen molar-refractivity contribution >= 4 is 34.4 Å². The van der Waals surface area contributed by atoms with Crippen LogP contribution in [-0.2, 0) is 4.79 Å². The Balaban J connectivity index is 1.62. The zero-order chi connectivity index (χ0) is 23.8. The number of nitrogens with zero attached hydrogens (tertiary/aromatic N) is 1. The fraction of sp³-hybridized carbons (Fsp3) is 0.192. The Morgan fingerprint density at radius 1 is 1.03 bits per heavy atom. The second-order valence-corrected chi connectivity index (χ2v) is 8.81. The van der Waals surface area contributed by atoms with Gasteiger partial charge in [-0.2, -0.15) is 0 Å². The molecule has 0 unspecified atom stereocenters. The third-order valence-corrected chi connectivity index (χ3v) is 6.74. The van der Waals surface area contributed by atoms with E-state index in [-0.39, 0.29) is 17.4 Å². The van der Waals surface area contributed by atoms with Gasteiger partial charge in [0.05, 0.1) is 29.4 Å². The monoisotopic (exact) mass is 475 g/mol. The van der Waals surface area contributed by atoms with Gasteiger partial charge in [-0.1, -0.05) is 35.9 Å². The number of hydrogen-bond acceptors (Lipinski definition) is 6. The van der Waals surface area contributed by atoms with Crippen molar-refractivity contribution in [3.05, 3.63) is 104 Å². The van der Waals surface area contributed by atoms with E-state index in [0.717, 1.165) is 28.4 Å². The molecule has 2 atom stereocenters. The highest BCUT2D eigenvalue weighted by atomic mass is 35.5. The van der Waals surface area contributed by atoms with Gasteiger partial charge in [0.25, 0.3) is 5.69 Å². The van der Waals surface area contributed by atoms with Crippen LogP contribution in [0.25, 0.3) is 0 Å². The molecule has 7 nitrogen and oxygen atoms in total. The lowest BCUT2D eigenvalue weighted by atomic mass is 9.78. The molecule has 5 rings (SSSR count). The van der Waals surface area contributed by atoms with Gasteiger partial charge in [0.1, 0.15) is 5.75 Å². The molecular weight excluding hydrogens is 454 g/mol. The van der Waals surface area contributed by atoms with Crippen molar-refractivity contribution in [2.24, 2.45) is 0 Å². The molecule has 3 aromatic rings. The summed E-state index contributed by atoms with van der Waals surface area (Å²) < 4.78 is 5.26. The number of rotatable bonds is 4. The third-order valence-electron chi connectivity index (χ3n) is 6.40. The first kappa shape index (κ1) is 22.0. The van der Waals surface area contributed by atoms with E-state index in [1.165, 1.54) is 18.2 Å². The first-order chi connectivity index (χ1) is 16.4. The van der Waals surface area contributed by atoms with Crippen molar-refractivity contribution in [3.8, 4) is 5.75 Å². The predicted octanol–water partition coefficient (Wildman–Crippen LogP) is 6.24. The van der Waals surface area contributed by atoms with E-state index in [4.69, 9.17) is 16.3 Å². The number of carbonyl (C=O) groups is 1. The summed E-state index contributed by atoms with van der Waals surface area (Å²) in [4.78, 5) is 24.6. The van der Waals surface area contributed by atoms with Crippen molar-refractivity contribution in [1.29, 1.82) is 0 Å². The fourth-order valence-electron chi connectivity index (χ4n) is 4.70. The number of halogens is 1. The zero-order valence-electron chi connectivity index (χ0n) is 18.4. The minimum absolute atomic E-state index is 0.00357. The molecule has 3 aromatic carbocycles. The normalized spacial score (nSPS) is 19.3.